The third-order valence-corrected chi connectivity index (χ3v) is 2.78. The molecule has 1 aliphatic rings. The topological polar surface area (TPSA) is 33.1 Å². The second kappa shape index (κ2) is 3.52. The third-order valence-electron chi connectivity index (χ3n) is 2.78. The van der Waals surface area contributed by atoms with Gasteiger partial charge in [0, 0.05) is 26.7 Å². The second-order valence-electron chi connectivity index (χ2n) is 3.77. The van der Waals surface area contributed by atoms with Crippen molar-refractivity contribution in [3.8, 4) is 0 Å². The second-order valence-corrected chi connectivity index (χ2v) is 3.77. The number of nitrogens with zero attached hydrogens (tertiary/aromatic N) is 3. The molecule has 0 amide bonds. The summed E-state index contributed by atoms with van der Waals surface area (Å²) in [6.07, 6.45) is 1.20. The van der Waals surface area contributed by atoms with Gasteiger partial charge in [0.15, 0.2) is 5.82 Å². The van der Waals surface area contributed by atoms with Crippen molar-refractivity contribution >= 4 is 11.5 Å². The SMILES string of the molecule is CCN1CCCNc2c(C)nn(C)c21. The van der Waals surface area contributed by atoms with Gasteiger partial charge in [0.05, 0.1) is 5.69 Å². The molecular formula is C10H18N4. The molecule has 4 heteroatoms. The molecule has 1 N–H and O–H groups in total. The Morgan fingerprint density at radius 3 is 3.00 bits per heavy atom. The zero-order valence-electron chi connectivity index (χ0n) is 9.17. The van der Waals surface area contributed by atoms with Gasteiger partial charge in [0.25, 0.3) is 0 Å². The Kier molecular flexibility index (Phi) is 2.35. The zero-order valence-corrected chi connectivity index (χ0v) is 9.17. The summed E-state index contributed by atoms with van der Waals surface area (Å²) in [6.45, 7) is 7.47. The summed E-state index contributed by atoms with van der Waals surface area (Å²) >= 11 is 0. The first-order chi connectivity index (χ1) is 6.74. The molecule has 0 unspecified atom stereocenters. The van der Waals surface area contributed by atoms with Crippen LogP contribution in [0.15, 0.2) is 0 Å². The van der Waals surface area contributed by atoms with Gasteiger partial charge in [-0.2, -0.15) is 5.10 Å². The van der Waals surface area contributed by atoms with Crippen LogP contribution in [-0.2, 0) is 7.05 Å². The van der Waals surface area contributed by atoms with Crippen molar-refractivity contribution in [2.45, 2.75) is 20.3 Å². The molecule has 0 aliphatic carbocycles. The molecule has 14 heavy (non-hydrogen) atoms. The van der Waals surface area contributed by atoms with E-state index in [-0.39, 0.29) is 0 Å². The largest absolute Gasteiger partial charge is 0.380 e. The number of aryl methyl sites for hydroxylation is 2. The van der Waals surface area contributed by atoms with Crippen LogP contribution in [-0.4, -0.2) is 29.4 Å². The molecule has 4 nitrogen and oxygen atoms in total. The Labute approximate surface area is 84.9 Å². The average molecular weight is 194 g/mol. The Morgan fingerprint density at radius 1 is 1.50 bits per heavy atom. The fourth-order valence-electron chi connectivity index (χ4n) is 2.11. The van der Waals surface area contributed by atoms with E-state index in [1.807, 2.05) is 11.7 Å². The number of anilines is 2. The van der Waals surface area contributed by atoms with Crippen molar-refractivity contribution in [1.82, 2.24) is 9.78 Å². The summed E-state index contributed by atoms with van der Waals surface area (Å²) in [6, 6.07) is 0. The number of nitrogens with one attached hydrogen (secondary N) is 1. The lowest BCUT2D eigenvalue weighted by Gasteiger charge is -2.21. The normalized spacial score (nSPS) is 16.1. The number of fused-ring (bicyclic) bond motifs is 1. The van der Waals surface area contributed by atoms with E-state index >= 15 is 0 Å². The summed E-state index contributed by atoms with van der Waals surface area (Å²) in [5.74, 6) is 1.24. The number of hydrogen-bond acceptors (Lipinski definition) is 3. The van der Waals surface area contributed by atoms with Crippen LogP contribution in [0.3, 0.4) is 0 Å². The maximum atomic E-state index is 4.45. The predicted molar refractivity (Wildman–Crippen MR) is 58.9 cm³/mol. The van der Waals surface area contributed by atoms with Gasteiger partial charge in [-0.15, -0.1) is 0 Å². The van der Waals surface area contributed by atoms with Crippen molar-refractivity contribution in [2.24, 2.45) is 7.05 Å². The van der Waals surface area contributed by atoms with Crippen molar-refractivity contribution in [3.05, 3.63) is 5.69 Å². The number of aromatic nitrogens is 2. The highest BCUT2D eigenvalue weighted by Crippen LogP contribution is 2.30. The fourth-order valence-corrected chi connectivity index (χ4v) is 2.11. The molecule has 2 heterocycles. The van der Waals surface area contributed by atoms with Crippen LogP contribution >= 0.6 is 0 Å². The van der Waals surface area contributed by atoms with Crippen LogP contribution in [0, 0.1) is 6.92 Å². The van der Waals surface area contributed by atoms with E-state index in [1.54, 1.807) is 0 Å². The predicted octanol–water partition coefficient (Wildman–Crippen LogP) is 1.37. The van der Waals surface area contributed by atoms with Crippen LogP contribution in [0.5, 0.6) is 0 Å². The van der Waals surface area contributed by atoms with E-state index in [1.165, 1.54) is 17.9 Å². The van der Waals surface area contributed by atoms with Gasteiger partial charge in [-0.1, -0.05) is 0 Å². The minimum absolute atomic E-state index is 1.05. The highest BCUT2D eigenvalue weighted by atomic mass is 15.4. The van der Waals surface area contributed by atoms with E-state index in [0.29, 0.717) is 0 Å². The monoisotopic (exact) mass is 194 g/mol. The summed E-state index contributed by atoms with van der Waals surface area (Å²) in [5, 5.41) is 7.90. The molecule has 0 radical (unpaired) electrons. The molecule has 0 saturated carbocycles. The van der Waals surface area contributed by atoms with E-state index in [9.17, 15) is 0 Å². The van der Waals surface area contributed by atoms with Gasteiger partial charge in [0.2, 0.25) is 0 Å². The highest BCUT2D eigenvalue weighted by molar-refractivity contribution is 5.69. The summed E-state index contributed by atoms with van der Waals surface area (Å²) in [4.78, 5) is 2.38. The zero-order chi connectivity index (χ0) is 10.1. The van der Waals surface area contributed by atoms with Gasteiger partial charge in [-0.05, 0) is 20.3 Å². The van der Waals surface area contributed by atoms with Crippen LogP contribution in [0.4, 0.5) is 11.5 Å². The van der Waals surface area contributed by atoms with Crippen LogP contribution in [0.25, 0.3) is 0 Å². The average Bonchev–Trinajstić information content (AvgIpc) is 2.40. The Bertz CT molecular complexity index is 329. The van der Waals surface area contributed by atoms with Crippen LogP contribution in [0.1, 0.15) is 19.0 Å². The molecule has 78 valence electrons. The van der Waals surface area contributed by atoms with E-state index < -0.39 is 0 Å². The first kappa shape index (κ1) is 9.37. The minimum Gasteiger partial charge on any atom is -0.380 e. The molecule has 1 aromatic heterocycles. The molecular weight excluding hydrogens is 176 g/mol. The van der Waals surface area contributed by atoms with E-state index in [2.05, 4.69) is 29.2 Å². The molecule has 2 rings (SSSR count). The van der Waals surface area contributed by atoms with Gasteiger partial charge in [-0.3, -0.25) is 4.68 Å². The van der Waals surface area contributed by atoms with Gasteiger partial charge >= 0.3 is 0 Å². The maximum Gasteiger partial charge on any atom is 0.150 e. The molecule has 0 saturated heterocycles. The Hall–Kier alpha value is -1.19. The first-order valence-corrected chi connectivity index (χ1v) is 5.26. The molecule has 1 aromatic rings. The highest BCUT2D eigenvalue weighted by Gasteiger charge is 2.20. The lowest BCUT2D eigenvalue weighted by molar-refractivity contribution is 0.697. The summed E-state index contributed by atoms with van der Waals surface area (Å²) in [7, 11) is 2.02. The molecule has 0 spiro atoms. The minimum atomic E-state index is 1.05. The molecule has 0 aromatic carbocycles. The maximum absolute atomic E-state index is 4.45. The smallest absolute Gasteiger partial charge is 0.150 e. The Balaban J connectivity index is 2.46. The van der Waals surface area contributed by atoms with E-state index in [4.69, 9.17) is 0 Å². The summed E-state index contributed by atoms with van der Waals surface area (Å²) in [5.41, 5.74) is 2.31. The quantitative estimate of drug-likeness (QED) is 0.733. The van der Waals surface area contributed by atoms with Gasteiger partial charge in [0.1, 0.15) is 5.69 Å². The first-order valence-electron chi connectivity index (χ1n) is 5.26. The van der Waals surface area contributed by atoms with Crippen molar-refractivity contribution < 1.29 is 0 Å². The number of rotatable bonds is 1. The Morgan fingerprint density at radius 2 is 2.29 bits per heavy atom. The molecule has 1 aliphatic heterocycles. The third kappa shape index (κ3) is 1.35. The summed E-state index contributed by atoms with van der Waals surface area (Å²) < 4.78 is 1.98. The van der Waals surface area contributed by atoms with Crippen molar-refractivity contribution in [2.75, 3.05) is 29.9 Å². The lowest BCUT2D eigenvalue weighted by Crippen LogP contribution is -2.25. The van der Waals surface area contributed by atoms with Crippen molar-refractivity contribution in [3.63, 3.8) is 0 Å². The standard InChI is InChI=1S/C10H18N4/c1-4-14-7-5-6-11-9-8(2)12-13(3)10(9)14/h11H,4-7H2,1-3H3. The molecule has 0 atom stereocenters. The fraction of sp³-hybridized carbons (Fsp3) is 0.700. The molecule has 0 bridgehead atoms. The van der Waals surface area contributed by atoms with Crippen molar-refractivity contribution in [1.29, 1.82) is 0 Å². The number of hydrogen-bond donors (Lipinski definition) is 1. The van der Waals surface area contributed by atoms with Gasteiger partial charge in [-0.25, -0.2) is 0 Å². The van der Waals surface area contributed by atoms with Gasteiger partial charge < -0.3 is 10.2 Å². The van der Waals surface area contributed by atoms with E-state index in [0.717, 1.165) is 25.3 Å². The van der Waals surface area contributed by atoms with Crippen LogP contribution in [0.2, 0.25) is 0 Å². The van der Waals surface area contributed by atoms with Crippen LogP contribution < -0.4 is 10.2 Å². The molecule has 0 fully saturated rings. The lowest BCUT2D eigenvalue weighted by atomic mass is 10.3.